The average molecular weight is 629 g/mol. The molecule has 9 nitrogen and oxygen atoms in total. The van der Waals surface area contributed by atoms with Gasteiger partial charge in [0.25, 0.3) is 20.2 Å². The van der Waals surface area contributed by atoms with Crippen LogP contribution in [0.25, 0.3) is 0 Å². The summed E-state index contributed by atoms with van der Waals surface area (Å²) in [6.07, 6.45) is 0.125. The second kappa shape index (κ2) is 17.0. The van der Waals surface area contributed by atoms with E-state index in [4.69, 9.17) is 14.8 Å². The number of rotatable bonds is 9. The third-order valence-electron chi connectivity index (χ3n) is 6.38. The molecule has 4 rings (SSSR count). The Kier molecular flexibility index (Phi) is 14.2. The van der Waals surface area contributed by atoms with E-state index in [1.165, 1.54) is 29.8 Å². The van der Waals surface area contributed by atoms with Crippen LogP contribution in [0, 0.1) is 13.8 Å². The predicted molar refractivity (Wildman–Crippen MR) is 169 cm³/mol. The van der Waals surface area contributed by atoms with E-state index >= 15 is 0 Å². The van der Waals surface area contributed by atoms with Gasteiger partial charge in [0.1, 0.15) is 0 Å². The Labute approximate surface area is 254 Å². The first-order valence-corrected chi connectivity index (χ1v) is 16.4. The van der Waals surface area contributed by atoms with Crippen molar-refractivity contribution in [3.63, 3.8) is 0 Å². The Hall–Kier alpha value is -3.42. The number of nitrogens with one attached hydrogen (secondary N) is 1. The highest BCUT2D eigenvalue weighted by molar-refractivity contribution is 7.86. The lowest BCUT2D eigenvalue weighted by Gasteiger charge is -2.22. The highest BCUT2D eigenvalue weighted by Gasteiger charge is 2.16. The first-order valence-electron chi connectivity index (χ1n) is 13.5. The summed E-state index contributed by atoms with van der Waals surface area (Å²) in [4.78, 5) is -0.133. The van der Waals surface area contributed by atoms with Gasteiger partial charge < -0.3 is 16.2 Å². The van der Waals surface area contributed by atoms with Crippen LogP contribution in [0.3, 0.4) is 0 Å². The molecule has 0 fully saturated rings. The zero-order chi connectivity index (χ0) is 32.0. The molecule has 0 saturated carbocycles. The van der Waals surface area contributed by atoms with E-state index in [0.29, 0.717) is 13.0 Å². The van der Waals surface area contributed by atoms with Gasteiger partial charge in [-0.15, -0.1) is 0 Å². The van der Waals surface area contributed by atoms with Crippen LogP contribution < -0.4 is 11.1 Å². The first-order chi connectivity index (χ1) is 20.2. The Morgan fingerprint density at radius 3 is 1.47 bits per heavy atom. The van der Waals surface area contributed by atoms with E-state index in [1.54, 1.807) is 24.3 Å². The minimum atomic E-state index is -4.02. The molecular formula is C32H40N2O7S2. The van der Waals surface area contributed by atoms with Gasteiger partial charge in [-0.1, -0.05) is 96.1 Å². The monoisotopic (exact) mass is 628 g/mol. The molecule has 6 N–H and O–H groups in total. The van der Waals surface area contributed by atoms with Crippen LogP contribution in [0.1, 0.15) is 35.2 Å². The number of hydrogen-bond donors (Lipinski definition) is 5. The number of hydrogen-bond acceptors (Lipinski definition) is 7. The SMILES string of the molecule is C[C@H](NC[C@@H](O)[C@@H](N)Cc1ccccc1)c1ccccc1.Cc1ccc(S(=O)(=O)O)cc1.Cc1ccc(S(=O)(=O)O)cc1. The van der Waals surface area contributed by atoms with Crippen LogP contribution in [0.15, 0.2) is 119 Å². The van der Waals surface area contributed by atoms with E-state index < -0.39 is 26.3 Å². The van der Waals surface area contributed by atoms with Crippen molar-refractivity contribution in [2.45, 2.75) is 55.2 Å². The van der Waals surface area contributed by atoms with Crippen molar-refractivity contribution in [3.05, 3.63) is 131 Å². The molecule has 0 amide bonds. The van der Waals surface area contributed by atoms with E-state index in [9.17, 15) is 21.9 Å². The molecule has 4 aromatic carbocycles. The van der Waals surface area contributed by atoms with Crippen molar-refractivity contribution in [1.29, 1.82) is 0 Å². The maximum atomic E-state index is 10.5. The number of nitrogens with two attached hydrogens (primary N) is 1. The summed E-state index contributed by atoms with van der Waals surface area (Å²) in [5.74, 6) is 0. The van der Waals surface area contributed by atoms with Gasteiger partial charge in [-0.25, -0.2) is 0 Å². The van der Waals surface area contributed by atoms with E-state index in [0.717, 1.165) is 16.7 Å². The summed E-state index contributed by atoms with van der Waals surface area (Å²) in [5, 5.41) is 13.5. The molecule has 0 aliphatic carbocycles. The Balaban J connectivity index is 0.000000247. The normalized spacial score (nSPS) is 13.4. The van der Waals surface area contributed by atoms with Crippen molar-refractivity contribution < 1.29 is 31.0 Å². The van der Waals surface area contributed by atoms with E-state index in [2.05, 4.69) is 24.4 Å². The fraction of sp³-hybridized carbons (Fsp3) is 0.250. The first kappa shape index (κ1) is 35.8. The zero-order valence-electron chi connectivity index (χ0n) is 24.4. The highest BCUT2D eigenvalue weighted by atomic mass is 32.2. The molecular weight excluding hydrogens is 588 g/mol. The molecule has 11 heteroatoms. The minimum Gasteiger partial charge on any atom is -0.390 e. The van der Waals surface area contributed by atoms with Gasteiger partial charge >= 0.3 is 0 Å². The van der Waals surface area contributed by atoms with Crippen molar-refractivity contribution >= 4 is 20.2 Å². The number of aliphatic hydroxyl groups excluding tert-OH is 1. The molecule has 232 valence electrons. The molecule has 0 saturated heterocycles. The maximum absolute atomic E-state index is 10.5. The summed E-state index contributed by atoms with van der Waals surface area (Å²) in [6.45, 7) is 6.26. The van der Waals surface area contributed by atoms with Crippen molar-refractivity contribution in [2.75, 3.05) is 6.54 Å². The topological polar surface area (TPSA) is 167 Å². The summed E-state index contributed by atoms with van der Waals surface area (Å²) < 4.78 is 59.1. The van der Waals surface area contributed by atoms with Crippen LogP contribution in [0.4, 0.5) is 0 Å². The molecule has 0 unspecified atom stereocenters. The van der Waals surface area contributed by atoms with Crippen LogP contribution in [-0.4, -0.2) is 49.7 Å². The number of aliphatic hydroxyl groups is 1. The largest absolute Gasteiger partial charge is 0.390 e. The average Bonchev–Trinajstić information content (AvgIpc) is 2.97. The summed E-state index contributed by atoms with van der Waals surface area (Å²) >= 11 is 0. The van der Waals surface area contributed by atoms with E-state index in [1.807, 2.05) is 62.4 Å². The molecule has 0 aliphatic rings. The zero-order valence-corrected chi connectivity index (χ0v) is 26.0. The second-order valence-corrected chi connectivity index (χ2v) is 12.9. The van der Waals surface area contributed by atoms with Crippen molar-refractivity contribution in [2.24, 2.45) is 5.73 Å². The highest BCUT2D eigenvalue weighted by Crippen LogP contribution is 2.12. The quantitative estimate of drug-likeness (QED) is 0.164. The lowest BCUT2D eigenvalue weighted by Crippen LogP contribution is -2.43. The molecule has 0 spiro atoms. The van der Waals surface area contributed by atoms with Gasteiger partial charge in [0.15, 0.2) is 0 Å². The molecule has 0 aromatic heterocycles. The third-order valence-corrected chi connectivity index (χ3v) is 8.11. The Morgan fingerprint density at radius 1 is 0.674 bits per heavy atom. The van der Waals surface area contributed by atoms with Gasteiger partial charge in [-0.2, -0.15) is 16.8 Å². The maximum Gasteiger partial charge on any atom is 0.294 e. The summed E-state index contributed by atoms with van der Waals surface area (Å²) in [6, 6.07) is 32.1. The lowest BCUT2D eigenvalue weighted by molar-refractivity contribution is 0.138. The molecule has 0 radical (unpaired) electrons. The van der Waals surface area contributed by atoms with Gasteiger partial charge in [-0.3, -0.25) is 9.11 Å². The molecule has 3 atom stereocenters. The molecule has 0 aliphatic heterocycles. The summed E-state index contributed by atoms with van der Waals surface area (Å²) in [5.41, 5.74) is 10.4. The number of benzene rings is 4. The third kappa shape index (κ3) is 13.6. The van der Waals surface area contributed by atoms with Crippen LogP contribution in [0.5, 0.6) is 0 Å². The van der Waals surface area contributed by atoms with Crippen LogP contribution in [0.2, 0.25) is 0 Å². The Bertz CT molecular complexity index is 1510. The lowest BCUT2D eigenvalue weighted by atomic mass is 10.0. The van der Waals surface area contributed by atoms with Crippen molar-refractivity contribution in [1.82, 2.24) is 5.32 Å². The Morgan fingerprint density at radius 2 is 1.07 bits per heavy atom. The minimum absolute atomic E-state index is 0.0666. The van der Waals surface area contributed by atoms with Gasteiger partial charge in [-0.05, 0) is 62.6 Å². The molecule has 43 heavy (non-hydrogen) atoms. The van der Waals surface area contributed by atoms with Gasteiger partial charge in [0, 0.05) is 18.6 Å². The number of aryl methyl sites for hydroxylation is 2. The fourth-order valence-electron chi connectivity index (χ4n) is 3.75. The van der Waals surface area contributed by atoms with E-state index in [-0.39, 0.29) is 21.9 Å². The molecule has 0 bridgehead atoms. The van der Waals surface area contributed by atoms with Gasteiger partial charge in [0.05, 0.1) is 15.9 Å². The molecule has 0 heterocycles. The van der Waals surface area contributed by atoms with Gasteiger partial charge in [0.2, 0.25) is 0 Å². The van der Waals surface area contributed by atoms with Crippen LogP contribution >= 0.6 is 0 Å². The van der Waals surface area contributed by atoms with Crippen molar-refractivity contribution in [3.8, 4) is 0 Å². The summed E-state index contributed by atoms with van der Waals surface area (Å²) in [7, 11) is -8.04. The predicted octanol–water partition coefficient (Wildman–Crippen LogP) is 4.75. The fourth-order valence-corrected chi connectivity index (χ4v) is 4.71. The second-order valence-electron chi connectivity index (χ2n) is 10.0. The molecule has 4 aromatic rings. The van der Waals surface area contributed by atoms with Crippen LogP contribution in [-0.2, 0) is 26.7 Å². The smallest absolute Gasteiger partial charge is 0.294 e. The standard InChI is InChI=1S/C18H24N2O.2C7H8O3S/c1-14(16-10-6-3-7-11-16)20-13-18(21)17(19)12-15-8-4-2-5-9-15;2*1-6-2-4-7(5-3-6)11(8,9)10/h2-11,14,17-18,20-21H,12-13,19H2,1H3;2*2-5H,1H3,(H,8,9,10)/t14-,17-,18+;;/m0../s1.